The number of aryl methyl sites for hydroxylation is 1. The van der Waals surface area contributed by atoms with Crippen LogP contribution < -0.4 is 0 Å². The monoisotopic (exact) mass is 490 g/mol. The molecule has 0 amide bonds. The topological polar surface area (TPSA) is 99.6 Å². The standard InChI is InChI=1S/C21H26N6O2S3/c1-16-18(5-8-22-19(16)15-32-21-23-6-3-7-24-21)14-31-11-4-10-30-12-9-26-17(2)25-13-20(26)27(28)29/h3,5-8,13H,4,9-12,14-15H2,1-2H3. The fourth-order valence-corrected chi connectivity index (χ4v) is 5.90. The first-order valence-corrected chi connectivity index (χ1v) is 13.5. The molecule has 0 fully saturated rings. The molecule has 0 bridgehead atoms. The predicted molar refractivity (Wildman–Crippen MR) is 132 cm³/mol. The molecule has 170 valence electrons. The van der Waals surface area contributed by atoms with Gasteiger partial charge in [0.25, 0.3) is 0 Å². The Labute approximate surface area is 200 Å². The van der Waals surface area contributed by atoms with Crippen LogP contribution in [0.2, 0.25) is 0 Å². The number of nitrogens with zero attached hydrogens (tertiary/aromatic N) is 6. The molecule has 3 aromatic rings. The Morgan fingerprint density at radius 3 is 2.56 bits per heavy atom. The summed E-state index contributed by atoms with van der Waals surface area (Å²) >= 11 is 5.36. The third-order valence-corrected chi connectivity index (χ3v) is 7.84. The largest absolute Gasteiger partial charge is 0.358 e. The second-order valence-electron chi connectivity index (χ2n) is 6.95. The Bertz CT molecular complexity index is 1020. The summed E-state index contributed by atoms with van der Waals surface area (Å²) in [6, 6.07) is 3.92. The molecule has 0 saturated heterocycles. The van der Waals surface area contributed by atoms with Crippen LogP contribution in [0.4, 0.5) is 5.82 Å². The van der Waals surface area contributed by atoms with Crippen molar-refractivity contribution in [3.05, 3.63) is 69.7 Å². The molecule has 0 atom stereocenters. The number of hydrogen-bond acceptors (Lipinski definition) is 9. The van der Waals surface area contributed by atoms with Crippen molar-refractivity contribution in [2.75, 3.05) is 17.3 Å². The molecule has 3 heterocycles. The van der Waals surface area contributed by atoms with Crippen LogP contribution in [0.5, 0.6) is 0 Å². The normalized spacial score (nSPS) is 11.1. The van der Waals surface area contributed by atoms with E-state index in [1.807, 2.05) is 35.8 Å². The lowest BCUT2D eigenvalue weighted by Gasteiger charge is -2.10. The van der Waals surface area contributed by atoms with Gasteiger partial charge in [0.2, 0.25) is 0 Å². The van der Waals surface area contributed by atoms with Crippen molar-refractivity contribution in [2.24, 2.45) is 0 Å². The summed E-state index contributed by atoms with van der Waals surface area (Å²) in [5, 5.41) is 11.8. The lowest BCUT2D eigenvalue weighted by Crippen LogP contribution is -2.07. The zero-order valence-electron chi connectivity index (χ0n) is 18.1. The summed E-state index contributed by atoms with van der Waals surface area (Å²) in [5.41, 5.74) is 3.65. The molecule has 0 aliphatic heterocycles. The Morgan fingerprint density at radius 1 is 1.00 bits per heavy atom. The van der Waals surface area contributed by atoms with Crippen LogP contribution in [-0.2, 0) is 18.1 Å². The maximum Gasteiger partial charge on any atom is 0.342 e. The van der Waals surface area contributed by atoms with Crippen molar-refractivity contribution in [2.45, 2.75) is 43.5 Å². The highest BCUT2D eigenvalue weighted by atomic mass is 32.2. The Balaban J connectivity index is 1.34. The average Bonchev–Trinajstić information content (AvgIpc) is 3.17. The van der Waals surface area contributed by atoms with Gasteiger partial charge in [-0.3, -0.25) is 4.98 Å². The molecule has 0 saturated carbocycles. The van der Waals surface area contributed by atoms with Gasteiger partial charge in [-0.2, -0.15) is 23.5 Å². The molecule has 0 spiro atoms. The van der Waals surface area contributed by atoms with E-state index in [1.54, 1.807) is 35.6 Å². The summed E-state index contributed by atoms with van der Waals surface area (Å²) in [6.45, 7) is 4.55. The summed E-state index contributed by atoms with van der Waals surface area (Å²) in [4.78, 5) is 27.7. The smallest absolute Gasteiger partial charge is 0.342 e. The van der Waals surface area contributed by atoms with Crippen LogP contribution in [0.1, 0.15) is 29.1 Å². The lowest BCUT2D eigenvalue weighted by atomic mass is 10.1. The lowest BCUT2D eigenvalue weighted by molar-refractivity contribution is -0.392. The van der Waals surface area contributed by atoms with E-state index >= 15 is 0 Å². The number of thioether (sulfide) groups is 3. The van der Waals surface area contributed by atoms with E-state index < -0.39 is 0 Å². The van der Waals surface area contributed by atoms with Crippen LogP contribution in [0.3, 0.4) is 0 Å². The van der Waals surface area contributed by atoms with Gasteiger partial charge in [-0.1, -0.05) is 11.8 Å². The maximum absolute atomic E-state index is 11.0. The minimum absolute atomic E-state index is 0.0699. The molecular weight excluding hydrogens is 464 g/mol. The van der Waals surface area contributed by atoms with E-state index in [9.17, 15) is 10.1 Å². The van der Waals surface area contributed by atoms with Gasteiger partial charge in [0, 0.05) is 42.8 Å². The van der Waals surface area contributed by atoms with Gasteiger partial charge in [-0.25, -0.2) is 19.5 Å². The Hall–Kier alpha value is -2.11. The van der Waals surface area contributed by atoms with Crippen molar-refractivity contribution < 1.29 is 4.92 Å². The molecule has 0 aliphatic rings. The van der Waals surface area contributed by atoms with E-state index in [1.165, 1.54) is 17.3 Å². The van der Waals surface area contributed by atoms with Gasteiger partial charge in [-0.05, 0) is 53.0 Å². The van der Waals surface area contributed by atoms with E-state index in [0.717, 1.165) is 46.0 Å². The average molecular weight is 491 g/mol. The van der Waals surface area contributed by atoms with Crippen molar-refractivity contribution >= 4 is 41.1 Å². The van der Waals surface area contributed by atoms with Crippen LogP contribution in [0.25, 0.3) is 0 Å². The zero-order chi connectivity index (χ0) is 22.8. The van der Waals surface area contributed by atoms with Gasteiger partial charge in [-0.15, -0.1) is 0 Å². The molecule has 0 N–H and O–H groups in total. The van der Waals surface area contributed by atoms with Crippen molar-refractivity contribution in [3.8, 4) is 0 Å². The first-order valence-electron chi connectivity index (χ1n) is 10.2. The van der Waals surface area contributed by atoms with Crippen LogP contribution in [-0.4, -0.2) is 46.7 Å². The fraction of sp³-hybridized carbons (Fsp3) is 0.429. The SMILES string of the molecule is Cc1c(CSCCCSCCn2c([N+](=O)[O-])cnc2C)ccnc1CSc1ncccn1. The quantitative estimate of drug-likeness (QED) is 0.108. The first kappa shape index (κ1) is 24.5. The summed E-state index contributed by atoms with van der Waals surface area (Å²) in [6.07, 6.45) is 7.83. The van der Waals surface area contributed by atoms with Gasteiger partial charge in [0.05, 0.1) is 5.69 Å². The Kier molecular flexibility index (Phi) is 9.82. The van der Waals surface area contributed by atoms with Gasteiger partial charge >= 0.3 is 5.82 Å². The molecule has 0 aliphatic carbocycles. The highest BCUT2D eigenvalue weighted by molar-refractivity contribution is 7.99. The van der Waals surface area contributed by atoms with Crippen molar-refractivity contribution in [1.29, 1.82) is 0 Å². The van der Waals surface area contributed by atoms with Crippen molar-refractivity contribution in [1.82, 2.24) is 24.5 Å². The molecule has 3 rings (SSSR count). The second-order valence-corrected chi connectivity index (χ2v) is 10.2. The summed E-state index contributed by atoms with van der Waals surface area (Å²) in [7, 11) is 0. The second kappa shape index (κ2) is 12.8. The fourth-order valence-electron chi connectivity index (χ4n) is 3.00. The number of imidazole rings is 1. The van der Waals surface area contributed by atoms with Gasteiger partial charge in [0.1, 0.15) is 12.7 Å². The van der Waals surface area contributed by atoms with Gasteiger partial charge in [0.15, 0.2) is 11.0 Å². The zero-order valence-corrected chi connectivity index (χ0v) is 20.6. The van der Waals surface area contributed by atoms with Crippen LogP contribution in [0.15, 0.2) is 42.1 Å². The first-order chi connectivity index (χ1) is 15.6. The predicted octanol–water partition coefficient (Wildman–Crippen LogP) is 4.94. The summed E-state index contributed by atoms with van der Waals surface area (Å²) < 4.78 is 1.67. The van der Waals surface area contributed by atoms with Crippen LogP contribution >= 0.6 is 35.3 Å². The molecule has 32 heavy (non-hydrogen) atoms. The highest BCUT2D eigenvalue weighted by Crippen LogP contribution is 2.24. The van der Waals surface area contributed by atoms with E-state index in [2.05, 4.69) is 32.9 Å². The molecule has 0 aromatic carbocycles. The molecule has 0 unspecified atom stereocenters. The van der Waals surface area contributed by atoms with Crippen LogP contribution in [0, 0.1) is 24.0 Å². The minimum Gasteiger partial charge on any atom is -0.358 e. The minimum atomic E-state index is -0.373. The Morgan fingerprint density at radius 2 is 1.78 bits per heavy atom. The van der Waals surface area contributed by atoms with Gasteiger partial charge < -0.3 is 10.1 Å². The molecular formula is C21H26N6O2S3. The number of hydrogen-bond donors (Lipinski definition) is 0. The van der Waals surface area contributed by atoms with E-state index in [-0.39, 0.29) is 10.7 Å². The molecule has 11 heteroatoms. The number of nitro groups is 1. The summed E-state index contributed by atoms with van der Waals surface area (Å²) in [5.74, 6) is 5.47. The molecule has 0 radical (unpaired) electrons. The maximum atomic E-state index is 11.0. The third-order valence-electron chi connectivity index (χ3n) is 4.82. The highest BCUT2D eigenvalue weighted by Gasteiger charge is 2.16. The van der Waals surface area contributed by atoms with E-state index in [4.69, 9.17) is 0 Å². The molecule has 8 nitrogen and oxygen atoms in total. The third kappa shape index (κ3) is 7.21. The number of pyridine rings is 1. The van der Waals surface area contributed by atoms with Crippen molar-refractivity contribution in [3.63, 3.8) is 0 Å². The number of rotatable bonds is 13. The molecule has 3 aromatic heterocycles. The number of aromatic nitrogens is 5. The van der Waals surface area contributed by atoms with E-state index in [0.29, 0.717) is 12.4 Å².